The van der Waals surface area contributed by atoms with E-state index in [-0.39, 0.29) is 24.9 Å². The zero-order valence-electron chi connectivity index (χ0n) is 11.4. The summed E-state index contributed by atoms with van der Waals surface area (Å²) in [6, 6.07) is 8.08. The van der Waals surface area contributed by atoms with Gasteiger partial charge >= 0.3 is 0 Å². The lowest BCUT2D eigenvalue weighted by atomic mass is 9.90. The Morgan fingerprint density at radius 2 is 1.75 bits per heavy atom. The van der Waals surface area contributed by atoms with E-state index in [9.17, 15) is 9.59 Å². The van der Waals surface area contributed by atoms with Crippen LogP contribution in [0.3, 0.4) is 0 Å². The van der Waals surface area contributed by atoms with Crippen LogP contribution in [0.5, 0.6) is 0 Å². The van der Waals surface area contributed by atoms with E-state index < -0.39 is 0 Å². The van der Waals surface area contributed by atoms with E-state index in [4.69, 9.17) is 0 Å². The van der Waals surface area contributed by atoms with Crippen molar-refractivity contribution in [2.24, 2.45) is 0 Å². The molecule has 0 radical (unpaired) electrons. The van der Waals surface area contributed by atoms with E-state index >= 15 is 0 Å². The SMILES string of the molecule is O=C1CN(c2ccc(C3CCNCC3)cc2)C(=O)CN1. The van der Waals surface area contributed by atoms with E-state index in [1.807, 2.05) is 12.1 Å². The number of amides is 2. The molecule has 0 saturated carbocycles. The molecular formula is C15H19N3O2. The summed E-state index contributed by atoms with van der Waals surface area (Å²) in [5.74, 6) is 0.442. The monoisotopic (exact) mass is 273 g/mol. The van der Waals surface area contributed by atoms with E-state index in [1.54, 1.807) is 4.90 Å². The van der Waals surface area contributed by atoms with Crippen LogP contribution in [0.1, 0.15) is 24.3 Å². The van der Waals surface area contributed by atoms with Crippen LogP contribution in [0.2, 0.25) is 0 Å². The summed E-state index contributed by atoms with van der Waals surface area (Å²) in [6.07, 6.45) is 2.31. The molecular weight excluding hydrogens is 254 g/mol. The van der Waals surface area contributed by atoms with Gasteiger partial charge in [-0.05, 0) is 49.5 Å². The largest absolute Gasteiger partial charge is 0.345 e. The summed E-state index contributed by atoms with van der Waals surface area (Å²) in [5, 5.41) is 5.92. The Labute approximate surface area is 118 Å². The van der Waals surface area contributed by atoms with Crippen molar-refractivity contribution in [3.8, 4) is 0 Å². The number of rotatable bonds is 2. The number of hydrogen-bond donors (Lipinski definition) is 2. The van der Waals surface area contributed by atoms with Gasteiger partial charge in [0.15, 0.2) is 0 Å². The van der Waals surface area contributed by atoms with Gasteiger partial charge in [-0.2, -0.15) is 0 Å². The Balaban J connectivity index is 1.74. The quantitative estimate of drug-likeness (QED) is 0.830. The maximum atomic E-state index is 11.8. The second-order valence-corrected chi connectivity index (χ2v) is 5.37. The lowest BCUT2D eigenvalue weighted by Crippen LogP contribution is -2.51. The highest BCUT2D eigenvalue weighted by Gasteiger charge is 2.24. The van der Waals surface area contributed by atoms with Crippen molar-refractivity contribution in [1.82, 2.24) is 10.6 Å². The number of hydrogen-bond acceptors (Lipinski definition) is 3. The van der Waals surface area contributed by atoms with Gasteiger partial charge in [0.25, 0.3) is 0 Å². The molecule has 0 unspecified atom stereocenters. The minimum absolute atomic E-state index is 0.0563. The molecule has 0 aliphatic carbocycles. The van der Waals surface area contributed by atoms with Gasteiger partial charge in [0.1, 0.15) is 6.54 Å². The third-order valence-electron chi connectivity index (χ3n) is 4.05. The number of anilines is 1. The zero-order valence-corrected chi connectivity index (χ0v) is 11.4. The summed E-state index contributed by atoms with van der Waals surface area (Å²) >= 11 is 0. The zero-order chi connectivity index (χ0) is 13.9. The smallest absolute Gasteiger partial charge is 0.246 e. The maximum Gasteiger partial charge on any atom is 0.246 e. The average Bonchev–Trinajstić information content (AvgIpc) is 2.51. The molecule has 2 aliphatic heterocycles. The Bertz CT molecular complexity index is 506. The Kier molecular flexibility index (Phi) is 3.69. The first kappa shape index (κ1) is 13.1. The molecule has 2 amide bonds. The van der Waals surface area contributed by atoms with Crippen molar-refractivity contribution >= 4 is 17.5 Å². The first-order valence-corrected chi connectivity index (χ1v) is 7.12. The van der Waals surface area contributed by atoms with Crippen LogP contribution >= 0.6 is 0 Å². The fourth-order valence-electron chi connectivity index (χ4n) is 2.87. The topological polar surface area (TPSA) is 61.4 Å². The molecule has 1 aromatic rings. The third-order valence-corrected chi connectivity index (χ3v) is 4.05. The number of carbonyl (C=O) groups is 2. The standard InChI is InChI=1S/C15H19N3O2/c19-14-10-18(15(20)9-17-14)13-3-1-11(2-4-13)12-5-7-16-8-6-12/h1-4,12,16H,5-10H2,(H,17,19). The highest BCUT2D eigenvalue weighted by Crippen LogP contribution is 2.27. The highest BCUT2D eigenvalue weighted by molar-refractivity contribution is 6.04. The van der Waals surface area contributed by atoms with Crippen molar-refractivity contribution in [3.63, 3.8) is 0 Å². The second kappa shape index (κ2) is 5.63. The number of nitrogens with one attached hydrogen (secondary N) is 2. The van der Waals surface area contributed by atoms with Crippen LogP contribution in [0.4, 0.5) is 5.69 Å². The lowest BCUT2D eigenvalue weighted by molar-refractivity contribution is -0.128. The van der Waals surface area contributed by atoms with E-state index in [0.29, 0.717) is 5.92 Å². The highest BCUT2D eigenvalue weighted by atomic mass is 16.2. The average molecular weight is 273 g/mol. The van der Waals surface area contributed by atoms with Gasteiger partial charge in [0.2, 0.25) is 11.8 Å². The molecule has 106 valence electrons. The number of benzene rings is 1. The summed E-state index contributed by atoms with van der Waals surface area (Å²) in [7, 11) is 0. The second-order valence-electron chi connectivity index (χ2n) is 5.37. The van der Waals surface area contributed by atoms with Gasteiger partial charge in [-0.1, -0.05) is 12.1 Å². The molecule has 0 aromatic heterocycles. The molecule has 0 atom stereocenters. The van der Waals surface area contributed by atoms with Crippen molar-refractivity contribution in [1.29, 1.82) is 0 Å². The Morgan fingerprint density at radius 3 is 2.45 bits per heavy atom. The molecule has 1 aromatic carbocycles. The van der Waals surface area contributed by atoms with Crippen LogP contribution in [-0.4, -0.2) is 38.0 Å². The van der Waals surface area contributed by atoms with Crippen molar-refractivity contribution in [3.05, 3.63) is 29.8 Å². The molecule has 2 saturated heterocycles. The third kappa shape index (κ3) is 2.67. The fourth-order valence-corrected chi connectivity index (χ4v) is 2.87. The van der Waals surface area contributed by atoms with Crippen molar-refractivity contribution in [2.75, 3.05) is 31.1 Å². The number of piperidine rings is 1. The van der Waals surface area contributed by atoms with Crippen molar-refractivity contribution < 1.29 is 9.59 Å². The van der Waals surface area contributed by atoms with E-state index in [1.165, 1.54) is 5.56 Å². The van der Waals surface area contributed by atoms with Gasteiger partial charge in [-0.3, -0.25) is 9.59 Å². The van der Waals surface area contributed by atoms with E-state index in [2.05, 4.69) is 22.8 Å². The van der Waals surface area contributed by atoms with Gasteiger partial charge in [0, 0.05) is 5.69 Å². The summed E-state index contributed by atoms with van der Waals surface area (Å²) < 4.78 is 0. The molecule has 5 heteroatoms. The number of carbonyl (C=O) groups excluding carboxylic acids is 2. The maximum absolute atomic E-state index is 11.8. The Morgan fingerprint density at radius 1 is 1.05 bits per heavy atom. The van der Waals surface area contributed by atoms with Crippen molar-refractivity contribution in [2.45, 2.75) is 18.8 Å². The van der Waals surface area contributed by atoms with Gasteiger partial charge in [-0.25, -0.2) is 0 Å². The summed E-state index contributed by atoms with van der Waals surface area (Å²) in [5.41, 5.74) is 2.13. The predicted molar refractivity (Wildman–Crippen MR) is 76.6 cm³/mol. The molecule has 0 bridgehead atoms. The number of piperazine rings is 1. The minimum atomic E-state index is -0.105. The van der Waals surface area contributed by atoms with Gasteiger partial charge < -0.3 is 15.5 Å². The molecule has 5 nitrogen and oxygen atoms in total. The van der Waals surface area contributed by atoms with E-state index in [0.717, 1.165) is 31.6 Å². The predicted octanol–water partition coefficient (Wildman–Crippen LogP) is 0.616. The van der Waals surface area contributed by atoms with Crippen LogP contribution < -0.4 is 15.5 Å². The first-order valence-electron chi connectivity index (χ1n) is 7.12. The molecule has 2 N–H and O–H groups in total. The normalized spacial score (nSPS) is 20.9. The molecule has 2 heterocycles. The van der Waals surface area contributed by atoms with Crippen LogP contribution in [0.25, 0.3) is 0 Å². The summed E-state index contributed by atoms with van der Waals surface area (Å²) in [6.45, 7) is 2.34. The summed E-state index contributed by atoms with van der Waals surface area (Å²) in [4.78, 5) is 24.8. The molecule has 3 rings (SSSR count). The van der Waals surface area contributed by atoms with Gasteiger partial charge in [-0.15, -0.1) is 0 Å². The minimum Gasteiger partial charge on any atom is -0.345 e. The van der Waals surface area contributed by atoms with Gasteiger partial charge in [0.05, 0.1) is 6.54 Å². The lowest BCUT2D eigenvalue weighted by Gasteiger charge is -2.27. The molecule has 0 spiro atoms. The Hall–Kier alpha value is -1.88. The van der Waals surface area contributed by atoms with Crippen LogP contribution in [0.15, 0.2) is 24.3 Å². The first-order chi connectivity index (χ1) is 9.74. The molecule has 2 aliphatic rings. The van der Waals surface area contributed by atoms with Crippen LogP contribution in [-0.2, 0) is 9.59 Å². The molecule has 20 heavy (non-hydrogen) atoms. The number of nitrogens with zero attached hydrogens (tertiary/aromatic N) is 1. The fraction of sp³-hybridized carbons (Fsp3) is 0.467. The van der Waals surface area contributed by atoms with Crippen LogP contribution in [0, 0.1) is 0 Å². The molecule has 2 fully saturated rings.